The summed E-state index contributed by atoms with van der Waals surface area (Å²) < 4.78 is 32.8. The van der Waals surface area contributed by atoms with Crippen LogP contribution in [0.15, 0.2) is 66.7 Å². The first-order valence-corrected chi connectivity index (χ1v) is 15.5. The second-order valence-corrected chi connectivity index (χ2v) is 12.0. The van der Waals surface area contributed by atoms with Crippen molar-refractivity contribution in [1.29, 1.82) is 0 Å². The summed E-state index contributed by atoms with van der Waals surface area (Å²) in [6, 6.07) is 19.2. The molecule has 0 spiro atoms. The van der Waals surface area contributed by atoms with Gasteiger partial charge < -0.3 is 15.0 Å². The maximum absolute atomic E-state index is 13.8. The number of para-hydroxylation sites is 3. The summed E-state index contributed by atoms with van der Waals surface area (Å²) in [4.78, 5) is 30.7. The first-order valence-electron chi connectivity index (χ1n) is 13.6. The third-order valence-corrected chi connectivity index (χ3v) is 7.64. The predicted octanol–water partition coefficient (Wildman–Crippen LogP) is 4.79. The van der Waals surface area contributed by atoms with Crippen LogP contribution in [0.2, 0.25) is 0 Å². The van der Waals surface area contributed by atoms with Gasteiger partial charge in [-0.2, -0.15) is 0 Å². The second kappa shape index (κ2) is 12.1. The molecule has 0 aliphatic carbocycles. The number of anilines is 4. The molecule has 1 saturated heterocycles. The van der Waals surface area contributed by atoms with E-state index in [4.69, 9.17) is 4.74 Å². The van der Waals surface area contributed by atoms with Gasteiger partial charge in [-0.15, -0.1) is 0 Å². The molecule has 1 fully saturated rings. The number of hydrogen-bond acceptors (Lipinski definition) is 6. The molecule has 40 heavy (non-hydrogen) atoms. The number of nitrogens with one attached hydrogen (secondary N) is 2. The molecule has 3 aromatic carbocycles. The lowest BCUT2D eigenvalue weighted by Gasteiger charge is -2.26. The topological polar surface area (TPSA) is 108 Å². The molecule has 2 aliphatic rings. The number of benzene rings is 3. The van der Waals surface area contributed by atoms with Gasteiger partial charge in [0.15, 0.2) is 0 Å². The number of nitrogens with zero attached hydrogens (tertiary/aromatic N) is 2. The molecule has 2 aliphatic heterocycles. The zero-order valence-electron chi connectivity index (χ0n) is 22.6. The Morgan fingerprint density at radius 2 is 1.70 bits per heavy atom. The lowest BCUT2D eigenvalue weighted by Crippen LogP contribution is -2.31. The van der Waals surface area contributed by atoms with E-state index in [-0.39, 0.29) is 18.2 Å². The fraction of sp³-hybridized carbons (Fsp3) is 0.333. The van der Waals surface area contributed by atoms with Gasteiger partial charge in [0.1, 0.15) is 5.75 Å². The zero-order valence-corrected chi connectivity index (χ0v) is 23.4. The molecule has 0 radical (unpaired) electrons. The van der Waals surface area contributed by atoms with E-state index in [1.165, 1.54) is 24.2 Å². The number of fused-ring (bicyclic) bond motifs is 2. The molecule has 0 unspecified atom stereocenters. The quantitative estimate of drug-likeness (QED) is 0.363. The number of hydrogen-bond donors (Lipinski definition) is 2. The fourth-order valence-corrected chi connectivity index (χ4v) is 5.78. The molecule has 10 heteroatoms. The molecule has 210 valence electrons. The van der Waals surface area contributed by atoms with E-state index in [9.17, 15) is 18.0 Å². The Morgan fingerprint density at radius 1 is 0.975 bits per heavy atom. The minimum atomic E-state index is -3.58. The molecular weight excluding hydrogens is 528 g/mol. The summed E-state index contributed by atoms with van der Waals surface area (Å²) in [5.74, 6) is -0.141. The maximum atomic E-state index is 13.8. The van der Waals surface area contributed by atoms with Crippen molar-refractivity contribution in [2.24, 2.45) is 0 Å². The standard InChI is InChI=1S/C30H34N4O5S/c1-40(37,38)32-25-20-22(14-15-28(25)39-19-9-18-33-16-7-2-8-17-33)21-29(35)34-26-12-5-3-10-23(26)30(36)31-24-11-4-6-13-27(24)34/h3-6,10-15,20,32H,2,7-9,16-19,21H2,1H3,(H,31,36). The minimum Gasteiger partial charge on any atom is -0.491 e. The summed E-state index contributed by atoms with van der Waals surface area (Å²) in [5.41, 5.74) is 2.87. The monoisotopic (exact) mass is 562 g/mol. The highest BCUT2D eigenvalue weighted by molar-refractivity contribution is 7.92. The van der Waals surface area contributed by atoms with E-state index < -0.39 is 10.0 Å². The largest absolute Gasteiger partial charge is 0.491 e. The van der Waals surface area contributed by atoms with Gasteiger partial charge in [0.2, 0.25) is 15.9 Å². The SMILES string of the molecule is CS(=O)(=O)Nc1cc(CC(=O)N2c3ccccc3NC(=O)c3ccccc32)ccc1OCCCN1CCCCC1. The summed E-state index contributed by atoms with van der Waals surface area (Å²) in [7, 11) is -3.58. The number of sulfonamides is 1. The van der Waals surface area contributed by atoms with Crippen LogP contribution in [0.3, 0.4) is 0 Å². The Morgan fingerprint density at radius 3 is 2.48 bits per heavy atom. The number of piperidine rings is 1. The van der Waals surface area contributed by atoms with E-state index in [1.807, 2.05) is 6.07 Å². The van der Waals surface area contributed by atoms with Crippen LogP contribution >= 0.6 is 0 Å². The van der Waals surface area contributed by atoms with Crippen LogP contribution < -0.4 is 19.7 Å². The van der Waals surface area contributed by atoms with E-state index in [0.717, 1.165) is 32.3 Å². The molecular formula is C30H34N4O5S. The van der Waals surface area contributed by atoms with Crippen molar-refractivity contribution in [1.82, 2.24) is 4.90 Å². The summed E-state index contributed by atoms with van der Waals surface area (Å²) in [6.07, 6.45) is 5.63. The van der Waals surface area contributed by atoms with Crippen molar-refractivity contribution in [3.63, 3.8) is 0 Å². The van der Waals surface area contributed by atoms with Crippen molar-refractivity contribution in [2.75, 3.05) is 47.4 Å². The van der Waals surface area contributed by atoms with E-state index in [1.54, 1.807) is 60.7 Å². The van der Waals surface area contributed by atoms with Gasteiger partial charge in [-0.25, -0.2) is 8.42 Å². The molecule has 0 saturated carbocycles. The predicted molar refractivity (Wildman–Crippen MR) is 157 cm³/mol. The average molecular weight is 563 g/mol. The third-order valence-electron chi connectivity index (χ3n) is 7.05. The van der Waals surface area contributed by atoms with Gasteiger partial charge >= 0.3 is 0 Å². The highest BCUT2D eigenvalue weighted by Gasteiger charge is 2.29. The van der Waals surface area contributed by atoms with Gasteiger partial charge in [-0.1, -0.05) is 36.8 Å². The third kappa shape index (κ3) is 6.63. The van der Waals surface area contributed by atoms with Crippen LogP contribution in [0.5, 0.6) is 5.75 Å². The second-order valence-electron chi connectivity index (χ2n) is 10.2. The lowest BCUT2D eigenvalue weighted by molar-refractivity contribution is -0.117. The summed E-state index contributed by atoms with van der Waals surface area (Å²) >= 11 is 0. The van der Waals surface area contributed by atoms with Gasteiger partial charge in [0.05, 0.1) is 47.6 Å². The number of likely N-dealkylation sites (tertiary alicyclic amines) is 1. The van der Waals surface area contributed by atoms with Crippen molar-refractivity contribution < 1.29 is 22.7 Å². The molecule has 2 amide bonds. The molecule has 0 atom stereocenters. The number of amides is 2. The summed E-state index contributed by atoms with van der Waals surface area (Å²) in [5, 5.41) is 2.89. The molecule has 5 rings (SSSR count). The molecule has 0 bridgehead atoms. The number of rotatable bonds is 9. The lowest BCUT2D eigenvalue weighted by atomic mass is 10.1. The van der Waals surface area contributed by atoms with Crippen molar-refractivity contribution in [3.05, 3.63) is 77.9 Å². The Hall–Kier alpha value is -3.89. The van der Waals surface area contributed by atoms with Crippen LogP contribution in [0, 0.1) is 0 Å². The number of carbonyl (C=O) groups is 2. The maximum Gasteiger partial charge on any atom is 0.257 e. The normalized spacial score (nSPS) is 15.4. The Labute approximate surface area is 235 Å². The van der Waals surface area contributed by atoms with Crippen LogP contribution in [-0.4, -0.2) is 57.6 Å². The first-order chi connectivity index (χ1) is 19.3. The summed E-state index contributed by atoms with van der Waals surface area (Å²) in [6.45, 7) is 3.62. The Bertz CT molecular complexity index is 1500. The smallest absolute Gasteiger partial charge is 0.257 e. The van der Waals surface area contributed by atoms with Crippen LogP contribution in [-0.2, 0) is 21.2 Å². The van der Waals surface area contributed by atoms with Gasteiger partial charge in [0, 0.05) is 6.54 Å². The highest BCUT2D eigenvalue weighted by atomic mass is 32.2. The highest BCUT2D eigenvalue weighted by Crippen LogP contribution is 2.38. The molecule has 0 aromatic heterocycles. The van der Waals surface area contributed by atoms with E-state index in [2.05, 4.69) is 14.9 Å². The van der Waals surface area contributed by atoms with E-state index >= 15 is 0 Å². The number of carbonyl (C=O) groups excluding carboxylic acids is 2. The molecule has 2 N–H and O–H groups in total. The first kappa shape index (κ1) is 27.7. The van der Waals surface area contributed by atoms with Crippen LogP contribution in [0.25, 0.3) is 0 Å². The van der Waals surface area contributed by atoms with Gasteiger partial charge in [-0.05, 0) is 74.3 Å². The Kier molecular flexibility index (Phi) is 8.37. The minimum absolute atomic E-state index is 0.0233. The van der Waals surface area contributed by atoms with Crippen LogP contribution in [0.4, 0.5) is 22.7 Å². The van der Waals surface area contributed by atoms with Crippen molar-refractivity contribution >= 4 is 44.6 Å². The van der Waals surface area contributed by atoms with Crippen molar-refractivity contribution in [2.45, 2.75) is 32.1 Å². The van der Waals surface area contributed by atoms with Crippen molar-refractivity contribution in [3.8, 4) is 5.75 Å². The van der Waals surface area contributed by atoms with E-state index in [0.29, 0.717) is 46.2 Å². The fourth-order valence-electron chi connectivity index (χ4n) is 5.22. The zero-order chi connectivity index (χ0) is 28.1. The molecule has 9 nitrogen and oxygen atoms in total. The average Bonchev–Trinajstić information content (AvgIpc) is 3.05. The molecule has 3 aromatic rings. The molecule has 2 heterocycles. The van der Waals surface area contributed by atoms with Gasteiger partial charge in [-0.3, -0.25) is 19.2 Å². The van der Waals surface area contributed by atoms with Crippen LogP contribution in [0.1, 0.15) is 41.6 Å². The number of ether oxygens (including phenoxy) is 1. The Balaban J connectivity index is 1.36. The van der Waals surface area contributed by atoms with Gasteiger partial charge in [0.25, 0.3) is 5.91 Å².